The van der Waals surface area contributed by atoms with Gasteiger partial charge in [0.05, 0.1) is 0 Å². The lowest BCUT2D eigenvalue weighted by atomic mass is 10.3. The van der Waals surface area contributed by atoms with Gasteiger partial charge in [0.15, 0.2) is 0 Å². The molecule has 6 nitrogen and oxygen atoms in total. The third kappa shape index (κ3) is 6.48. The van der Waals surface area contributed by atoms with Crippen molar-refractivity contribution in [3.8, 4) is 0 Å². The molecule has 18 heavy (non-hydrogen) atoms. The van der Waals surface area contributed by atoms with Crippen LogP contribution in [0.4, 0.5) is 0 Å². The summed E-state index contributed by atoms with van der Waals surface area (Å²) >= 11 is 0. The van der Waals surface area contributed by atoms with E-state index >= 15 is 0 Å². The topological polar surface area (TPSA) is 104 Å². The lowest BCUT2D eigenvalue weighted by molar-refractivity contribution is -0.142. The maximum atomic E-state index is 11.1. The third-order valence-corrected chi connectivity index (χ3v) is 4.84. The van der Waals surface area contributed by atoms with Gasteiger partial charge >= 0.3 is 11.9 Å². The van der Waals surface area contributed by atoms with Gasteiger partial charge in [-0.2, -0.15) is 0 Å². The highest BCUT2D eigenvalue weighted by atomic mass is 33.1. The fourth-order valence-corrected chi connectivity index (χ4v) is 3.67. The van der Waals surface area contributed by atoms with E-state index < -0.39 is 24.0 Å². The van der Waals surface area contributed by atoms with Gasteiger partial charge in [0.2, 0.25) is 0 Å². The summed E-state index contributed by atoms with van der Waals surface area (Å²) in [6.45, 7) is 5.18. The molecule has 0 saturated carbocycles. The van der Waals surface area contributed by atoms with E-state index in [1.54, 1.807) is 0 Å². The third-order valence-electron chi connectivity index (χ3n) is 2.41. The minimum absolute atomic E-state index is 0.268. The summed E-state index contributed by atoms with van der Waals surface area (Å²) in [5.41, 5.74) is 5.34. The molecule has 0 bridgehead atoms. The first-order valence-electron chi connectivity index (χ1n) is 5.63. The number of carbonyl (C=O) groups is 2. The fourth-order valence-electron chi connectivity index (χ4n) is 1.30. The first-order valence-corrected chi connectivity index (χ1v) is 8.12. The standard InChI is InChI=1S/C10H20N2O4S2/c1-3-12(4-2)8(10(15)16)6-18-17-5-7(11)9(13)14/h7-8H,3-6,11H2,1-2H3,(H,13,14)(H,15,16). The Kier molecular flexibility index (Phi) is 9.25. The molecule has 0 rings (SSSR count). The maximum Gasteiger partial charge on any atom is 0.321 e. The molecule has 0 aliphatic rings. The van der Waals surface area contributed by atoms with Crippen LogP contribution in [0.3, 0.4) is 0 Å². The largest absolute Gasteiger partial charge is 0.480 e. The summed E-state index contributed by atoms with van der Waals surface area (Å²) in [4.78, 5) is 23.5. The Labute approximate surface area is 115 Å². The fraction of sp³-hybridized carbons (Fsp3) is 0.800. The summed E-state index contributed by atoms with van der Waals surface area (Å²) in [5.74, 6) is -1.21. The van der Waals surface area contributed by atoms with Gasteiger partial charge in [-0.1, -0.05) is 35.4 Å². The smallest absolute Gasteiger partial charge is 0.321 e. The quantitative estimate of drug-likeness (QED) is 0.397. The molecule has 106 valence electrons. The summed E-state index contributed by atoms with van der Waals surface area (Å²) in [6.07, 6.45) is 0. The predicted molar refractivity (Wildman–Crippen MR) is 74.9 cm³/mol. The zero-order valence-electron chi connectivity index (χ0n) is 10.5. The summed E-state index contributed by atoms with van der Waals surface area (Å²) in [7, 11) is 2.64. The lowest BCUT2D eigenvalue weighted by Gasteiger charge is -2.25. The molecule has 8 heteroatoms. The highest BCUT2D eigenvalue weighted by Gasteiger charge is 2.23. The summed E-state index contributed by atoms with van der Waals surface area (Å²) in [6, 6.07) is -1.45. The van der Waals surface area contributed by atoms with Crippen molar-refractivity contribution < 1.29 is 19.8 Å². The molecule has 0 amide bonds. The van der Waals surface area contributed by atoms with Crippen molar-refractivity contribution in [1.29, 1.82) is 0 Å². The Bertz CT molecular complexity index is 275. The Morgan fingerprint density at radius 3 is 2.00 bits per heavy atom. The van der Waals surface area contributed by atoms with E-state index in [1.165, 1.54) is 21.6 Å². The average molecular weight is 296 g/mol. The van der Waals surface area contributed by atoms with E-state index in [1.807, 2.05) is 18.7 Å². The second kappa shape index (κ2) is 9.48. The molecule has 0 spiro atoms. The molecule has 0 radical (unpaired) electrons. The summed E-state index contributed by atoms with van der Waals surface area (Å²) in [5, 5.41) is 17.7. The van der Waals surface area contributed by atoms with Gasteiger partial charge in [-0.25, -0.2) is 0 Å². The van der Waals surface area contributed by atoms with Gasteiger partial charge in [-0.3, -0.25) is 14.5 Å². The molecule has 0 aromatic rings. The van der Waals surface area contributed by atoms with Crippen LogP contribution in [0.2, 0.25) is 0 Å². The molecule has 0 aliphatic carbocycles. The van der Waals surface area contributed by atoms with Crippen molar-refractivity contribution in [2.45, 2.75) is 25.9 Å². The number of rotatable bonds is 10. The first-order chi connectivity index (χ1) is 8.43. The monoisotopic (exact) mass is 296 g/mol. The normalized spacial score (nSPS) is 14.4. The van der Waals surface area contributed by atoms with Crippen LogP contribution in [-0.2, 0) is 9.59 Å². The SMILES string of the molecule is CCN(CC)C(CSSCC(N)C(=O)O)C(=O)O. The molecule has 0 fully saturated rings. The van der Waals surface area contributed by atoms with Crippen molar-refractivity contribution in [3.05, 3.63) is 0 Å². The highest BCUT2D eigenvalue weighted by Crippen LogP contribution is 2.24. The molecular weight excluding hydrogens is 276 g/mol. The number of carboxylic acid groups (broad SMARTS) is 2. The Balaban J connectivity index is 4.06. The molecule has 2 unspecified atom stereocenters. The molecule has 0 aromatic heterocycles. The van der Waals surface area contributed by atoms with E-state index in [2.05, 4.69) is 0 Å². The second-order valence-corrected chi connectivity index (χ2v) is 6.14. The number of hydrogen-bond donors (Lipinski definition) is 3. The summed E-state index contributed by atoms with van der Waals surface area (Å²) < 4.78 is 0. The maximum absolute atomic E-state index is 11.1. The number of hydrogen-bond acceptors (Lipinski definition) is 6. The van der Waals surface area contributed by atoms with Gasteiger partial charge in [0.1, 0.15) is 12.1 Å². The van der Waals surface area contributed by atoms with Gasteiger partial charge < -0.3 is 15.9 Å². The predicted octanol–water partition coefficient (Wildman–Crippen LogP) is 0.575. The number of aliphatic carboxylic acids is 2. The Morgan fingerprint density at radius 1 is 1.11 bits per heavy atom. The molecule has 4 N–H and O–H groups in total. The number of nitrogens with zero attached hydrogens (tertiary/aromatic N) is 1. The van der Waals surface area contributed by atoms with Gasteiger partial charge in [-0.15, -0.1) is 0 Å². The van der Waals surface area contributed by atoms with E-state index in [0.717, 1.165) is 0 Å². The average Bonchev–Trinajstić information content (AvgIpc) is 2.32. The number of nitrogens with two attached hydrogens (primary N) is 1. The van der Waals surface area contributed by atoms with Crippen LogP contribution < -0.4 is 5.73 Å². The molecular formula is C10H20N2O4S2. The minimum Gasteiger partial charge on any atom is -0.480 e. The van der Waals surface area contributed by atoms with E-state index in [0.29, 0.717) is 18.8 Å². The first kappa shape index (κ1) is 17.6. The number of likely N-dealkylation sites (N-methyl/N-ethyl adjacent to an activating group) is 1. The van der Waals surface area contributed by atoms with Crippen molar-refractivity contribution in [1.82, 2.24) is 4.90 Å². The number of carboxylic acids is 2. The molecule has 2 atom stereocenters. The van der Waals surface area contributed by atoms with Gasteiger partial charge in [0, 0.05) is 11.5 Å². The van der Waals surface area contributed by atoms with Gasteiger partial charge in [-0.05, 0) is 13.1 Å². The highest BCUT2D eigenvalue weighted by molar-refractivity contribution is 8.76. The zero-order chi connectivity index (χ0) is 14.1. The Hall–Kier alpha value is -0.440. The molecule has 0 aliphatic heterocycles. The van der Waals surface area contributed by atoms with Crippen LogP contribution in [0.25, 0.3) is 0 Å². The van der Waals surface area contributed by atoms with Crippen molar-refractivity contribution in [2.24, 2.45) is 5.73 Å². The van der Waals surface area contributed by atoms with Crippen molar-refractivity contribution in [3.63, 3.8) is 0 Å². The minimum atomic E-state index is -1.04. The van der Waals surface area contributed by atoms with Gasteiger partial charge in [0.25, 0.3) is 0 Å². The van der Waals surface area contributed by atoms with Crippen molar-refractivity contribution in [2.75, 3.05) is 24.6 Å². The molecule has 0 heterocycles. The van der Waals surface area contributed by atoms with E-state index in [-0.39, 0.29) is 5.75 Å². The van der Waals surface area contributed by atoms with Crippen molar-refractivity contribution >= 4 is 33.5 Å². The molecule has 0 saturated heterocycles. The molecule has 0 aromatic carbocycles. The Morgan fingerprint density at radius 2 is 1.61 bits per heavy atom. The van der Waals surface area contributed by atoms with E-state index in [9.17, 15) is 9.59 Å². The zero-order valence-corrected chi connectivity index (χ0v) is 12.2. The van der Waals surface area contributed by atoms with Crippen LogP contribution in [-0.4, -0.2) is 63.7 Å². The second-order valence-electron chi connectivity index (χ2n) is 3.59. The van der Waals surface area contributed by atoms with Crippen LogP contribution >= 0.6 is 21.6 Å². The van der Waals surface area contributed by atoms with E-state index in [4.69, 9.17) is 15.9 Å². The van der Waals surface area contributed by atoms with Crippen LogP contribution in [0.5, 0.6) is 0 Å². The van der Waals surface area contributed by atoms with Crippen LogP contribution in [0.15, 0.2) is 0 Å². The van der Waals surface area contributed by atoms with Crippen LogP contribution in [0.1, 0.15) is 13.8 Å². The lowest BCUT2D eigenvalue weighted by Crippen LogP contribution is -2.42. The van der Waals surface area contributed by atoms with Crippen LogP contribution in [0, 0.1) is 0 Å².